The summed E-state index contributed by atoms with van der Waals surface area (Å²) in [5, 5.41) is 4.74. The topological polar surface area (TPSA) is 29.9 Å². The highest BCUT2D eigenvalue weighted by molar-refractivity contribution is 6.35. The van der Waals surface area contributed by atoms with Gasteiger partial charge in [-0.3, -0.25) is 0 Å². The summed E-state index contributed by atoms with van der Waals surface area (Å²) < 4.78 is 2.22. The molecule has 0 amide bonds. The minimum Gasteiger partial charge on any atom is -0.328 e. The Morgan fingerprint density at radius 1 is 1.21 bits per heavy atom. The summed E-state index contributed by atoms with van der Waals surface area (Å²) in [4.78, 5) is 4.46. The van der Waals surface area contributed by atoms with E-state index in [9.17, 15) is 0 Å². The maximum absolute atomic E-state index is 6.27. The normalized spacial score (nSPS) is 16.7. The van der Waals surface area contributed by atoms with E-state index in [1.54, 1.807) is 6.07 Å². The van der Waals surface area contributed by atoms with Gasteiger partial charge in [0.1, 0.15) is 5.82 Å². The summed E-state index contributed by atoms with van der Waals surface area (Å²) in [6.45, 7) is 2.09. The van der Waals surface area contributed by atoms with Gasteiger partial charge in [0.2, 0.25) is 0 Å². The van der Waals surface area contributed by atoms with E-state index in [2.05, 4.69) is 14.9 Å². The molecule has 1 aromatic carbocycles. The average molecular weight is 296 g/mol. The van der Waals surface area contributed by atoms with Crippen LogP contribution in [0.5, 0.6) is 0 Å². The summed E-state index contributed by atoms with van der Waals surface area (Å²) in [5.74, 6) is 0.902. The van der Waals surface area contributed by atoms with E-state index in [1.807, 2.05) is 24.5 Å². The highest BCUT2D eigenvalue weighted by Crippen LogP contribution is 2.32. The molecule has 1 fully saturated rings. The Kier molecular flexibility index (Phi) is 3.78. The summed E-state index contributed by atoms with van der Waals surface area (Å²) in [5.41, 5.74) is 0.901. The molecule has 1 N–H and O–H groups in total. The van der Waals surface area contributed by atoms with Crippen LogP contribution in [0.25, 0.3) is 11.4 Å². The van der Waals surface area contributed by atoms with E-state index in [0.29, 0.717) is 16.1 Å². The molecule has 0 unspecified atom stereocenters. The van der Waals surface area contributed by atoms with Gasteiger partial charge in [-0.15, -0.1) is 0 Å². The van der Waals surface area contributed by atoms with Crippen molar-refractivity contribution in [2.24, 2.45) is 0 Å². The minimum atomic E-state index is 0.480. The van der Waals surface area contributed by atoms with Crippen molar-refractivity contribution in [2.45, 2.75) is 18.9 Å². The Morgan fingerprint density at radius 2 is 2.00 bits per heavy atom. The number of piperidine rings is 1. The first-order chi connectivity index (χ1) is 9.25. The van der Waals surface area contributed by atoms with Gasteiger partial charge in [0.15, 0.2) is 0 Å². The maximum Gasteiger partial charge on any atom is 0.141 e. The summed E-state index contributed by atoms with van der Waals surface area (Å²) in [6, 6.07) is 5.98. The quantitative estimate of drug-likeness (QED) is 0.914. The van der Waals surface area contributed by atoms with Crippen LogP contribution in [0.2, 0.25) is 10.0 Å². The van der Waals surface area contributed by atoms with Gasteiger partial charge in [-0.1, -0.05) is 23.2 Å². The summed E-state index contributed by atoms with van der Waals surface area (Å²) in [6.07, 6.45) is 6.08. The Hall–Kier alpha value is -1.03. The van der Waals surface area contributed by atoms with Crippen LogP contribution in [0.1, 0.15) is 18.9 Å². The minimum absolute atomic E-state index is 0.480. The number of hydrogen-bond acceptors (Lipinski definition) is 2. The average Bonchev–Trinajstić information content (AvgIpc) is 2.91. The van der Waals surface area contributed by atoms with Crippen LogP contribution in [-0.2, 0) is 0 Å². The molecule has 1 aromatic heterocycles. The van der Waals surface area contributed by atoms with Crippen LogP contribution in [0.4, 0.5) is 0 Å². The molecule has 0 saturated carbocycles. The zero-order valence-electron chi connectivity index (χ0n) is 10.4. The monoisotopic (exact) mass is 295 g/mol. The second-order valence-electron chi connectivity index (χ2n) is 4.76. The molecule has 2 aromatic rings. The van der Waals surface area contributed by atoms with E-state index >= 15 is 0 Å². The van der Waals surface area contributed by atoms with Gasteiger partial charge in [-0.2, -0.15) is 0 Å². The molecule has 100 valence electrons. The van der Waals surface area contributed by atoms with Gasteiger partial charge in [-0.25, -0.2) is 4.98 Å². The van der Waals surface area contributed by atoms with Gasteiger partial charge in [0.25, 0.3) is 0 Å². The molecular formula is C14H15Cl2N3. The zero-order chi connectivity index (χ0) is 13.2. The van der Waals surface area contributed by atoms with Gasteiger partial charge in [0.05, 0.1) is 5.02 Å². The second-order valence-corrected chi connectivity index (χ2v) is 5.61. The lowest BCUT2D eigenvalue weighted by Gasteiger charge is -2.25. The lowest BCUT2D eigenvalue weighted by Crippen LogP contribution is -2.29. The third kappa shape index (κ3) is 2.64. The fraction of sp³-hybridized carbons (Fsp3) is 0.357. The zero-order valence-corrected chi connectivity index (χ0v) is 12.0. The van der Waals surface area contributed by atoms with Gasteiger partial charge < -0.3 is 9.88 Å². The lowest BCUT2D eigenvalue weighted by atomic mass is 10.1. The van der Waals surface area contributed by atoms with Gasteiger partial charge >= 0.3 is 0 Å². The molecule has 5 heteroatoms. The number of rotatable bonds is 2. The molecular weight excluding hydrogens is 281 g/mol. The molecule has 19 heavy (non-hydrogen) atoms. The number of nitrogens with one attached hydrogen (secondary N) is 1. The molecule has 0 bridgehead atoms. The molecule has 3 nitrogen and oxygen atoms in total. The standard InChI is InChI=1S/C14H15Cl2N3/c15-10-1-2-13(16)12(9-10)14-18-7-8-19(14)11-3-5-17-6-4-11/h1-2,7-9,11,17H,3-6H2. The van der Waals surface area contributed by atoms with Crippen molar-refractivity contribution in [3.05, 3.63) is 40.6 Å². The van der Waals surface area contributed by atoms with E-state index in [4.69, 9.17) is 23.2 Å². The van der Waals surface area contributed by atoms with E-state index < -0.39 is 0 Å². The lowest BCUT2D eigenvalue weighted by molar-refractivity contribution is 0.370. The van der Waals surface area contributed by atoms with Crippen LogP contribution in [0, 0.1) is 0 Å². The van der Waals surface area contributed by atoms with Crippen molar-refractivity contribution in [1.82, 2.24) is 14.9 Å². The number of nitrogens with zero attached hydrogens (tertiary/aromatic N) is 2. The molecule has 1 aliphatic heterocycles. The van der Waals surface area contributed by atoms with Crippen molar-refractivity contribution in [3.63, 3.8) is 0 Å². The molecule has 0 aliphatic carbocycles. The summed E-state index contributed by atoms with van der Waals surface area (Å²) >= 11 is 12.3. The van der Waals surface area contributed by atoms with Crippen molar-refractivity contribution in [3.8, 4) is 11.4 Å². The molecule has 1 aliphatic rings. The summed E-state index contributed by atoms with van der Waals surface area (Å²) in [7, 11) is 0. The van der Waals surface area contributed by atoms with E-state index in [1.165, 1.54) is 0 Å². The third-order valence-corrected chi connectivity index (χ3v) is 4.10. The van der Waals surface area contributed by atoms with Gasteiger partial charge in [0, 0.05) is 29.0 Å². The number of benzene rings is 1. The van der Waals surface area contributed by atoms with Crippen LogP contribution in [0.3, 0.4) is 0 Å². The maximum atomic E-state index is 6.27. The Balaban J connectivity index is 2.01. The number of imidazole rings is 1. The SMILES string of the molecule is Clc1ccc(Cl)c(-c2nccn2C2CCNCC2)c1. The van der Waals surface area contributed by atoms with Crippen LogP contribution in [0.15, 0.2) is 30.6 Å². The predicted molar refractivity (Wildman–Crippen MR) is 78.8 cm³/mol. The highest BCUT2D eigenvalue weighted by atomic mass is 35.5. The van der Waals surface area contributed by atoms with Crippen molar-refractivity contribution in [1.29, 1.82) is 0 Å². The fourth-order valence-electron chi connectivity index (χ4n) is 2.57. The van der Waals surface area contributed by atoms with Crippen LogP contribution >= 0.6 is 23.2 Å². The van der Waals surface area contributed by atoms with E-state index in [-0.39, 0.29) is 0 Å². The number of hydrogen-bond donors (Lipinski definition) is 1. The molecule has 2 heterocycles. The molecule has 0 radical (unpaired) electrons. The number of halogens is 2. The van der Waals surface area contributed by atoms with Crippen molar-refractivity contribution in [2.75, 3.05) is 13.1 Å². The first kappa shape index (κ1) is 13.0. The molecule has 0 spiro atoms. The smallest absolute Gasteiger partial charge is 0.141 e. The first-order valence-electron chi connectivity index (χ1n) is 6.44. The second kappa shape index (κ2) is 5.53. The first-order valence-corrected chi connectivity index (χ1v) is 7.20. The fourth-order valence-corrected chi connectivity index (χ4v) is 2.94. The van der Waals surface area contributed by atoms with Gasteiger partial charge in [-0.05, 0) is 44.1 Å². The van der Waals surface area contributed by atoms with Crippen LogP contribution < -0.4 is 5.32 Å². The molecule has 3 rings (SSSR count). The third-order valence-electron chi connectivity index (χ3n) is 3.54. The van der Waals surface area contributed by atoms with Crippen molar-refractivity contribution < 1.29 is 0 Å². The predicted octanol–water partition coefficient (Wildman–Crippen LogP) is 3.78. The van der Waals surface area contributed by atoms with Crippen LogP contribution in [-0.4, -0.2) is 22.6 Å². The Bertz CT molecular complexity index is 574. The van der Waals surface area contributed by atoms with Crippen molar-refractivity contribution >= 4 is 23.2 Å². The largest absolute Gasteiger partial charge is 0.328 e. The Morgan fingerprint density at radius 3 is 2.79 bits per heavy atom. The Labute approximate surface area is 122 Å². The molecule has 1 saturated heterocycles. The van der Waals surface area contributed by atoms with E-state index in [0.717, 1.165) is 37.3 Å². The number of aromatic nitrogens is 2. The highest BCUT2D eigenvalue weighted by Gasteiger charge is 2.19. The molecule has 0 atom stereocenters.